The molecule has 2 aromatic heterocycles. The van der Waals surface area contributed by atoms with Crippen LogP contribution in [0.5, 0.6) is 0 Å². The van der Waals surface area contributed by atoms with E-state index in [0.29, 0.717) is 38.6 Å². The number of pyridine rings is 2. The number of aromatic nitrogens is 4. The molecule has 2 N–H and O–H groups in total. The molecule has 2 aromatic rings. The molecule has 0 spiro atoms. The van der Waals surface area contributed by atoms with Crippen molar-refractivity contribution in [2.75, 3.05) is 0 Å². The lowest BCUT2D eigenvalue weighted by molar-refractivity contribution is 0.187. The third kappa shape index (κ3) is 2.60. The molecule has 24 heavy (non-hydrogen) atoms. The highest BCUT2D eigenvalue weighted by atomic mass is 35.5. The van der Waals surface area contributed by atoms with E-state index in [4.69, 9.17) is 22.1 Å². The summed E-state index contributed by atoms with van der Waals surface area (Å²) in [5.74, 6) is 0.411. The highest BCUT2D eigenvalue weighted by Crippen LogP contribution is 2.24. The molecule has 7 nitrogen and oxygen atoms in total. The van der Waals surface area contributed by atoms with Crippen LogP contribution >= 0.6 is 11.6 Å². The van der Waals surface area contributed by atoms with Gasteiger partial charge in [0.2, 0.25) is 0 Å². The first kappa shape index (κ1) is 15.3. The van der Waals surface area contributed by atoms with Gasteiger partial charge in [-0.1, -0.05) is 11.6 Å². The fourth-order valence-corrected chi connectivity index (χ4v) is 2.46. The lowest BCUT2D eigenvalue weighted by Crippen LogP contribution is -1.96. The Kier molecular flexibility index (Phi) is 4.02. The van der Waals surface area contributed by atoms with Crippen LogP contribution in [-0.4, -0.2) is 24.9 Å². The number of H-pyrrole nitrogens is 1. The van der Waals surface area contributed by atoms with Crippen molar-refractivity contribution in [2.24, 2.45) is 0 Å². The third-order valence-corrected chi connectivity index (χ3v) is 3.63. The zero-order valence-corrected chi connectivity index (χ0v) is 12.9. The Bertz CT molecular complexity index is 1070. The molecule has 0 aliphatic carbocycles. The van der Waals surface area contributed by atoms with Gasteiger partial charge in [0.1, 0.15) is 17.8 Å². The summed E-state index contributed by atoms with van der Waals surface area (Å²) in [4.78, 5) is 10.8. The van der Waals surface area contributed by atoms with Crippen molar-refractivity contribution in [3.63, 3.8) is 0 Å². The number of fused-ring (bicyclic) bond motifs is 2. The van der Waals surface area contributed by atoms with Gasteiger partial charge in [-0.25, -0.2) is 9.97 Å². The van der Waals surface area contributed by atoms with E-state index in [9.17, 15) is 5.21 Å². The van der Waals surface area contributed by atoms with Crippen LogP contribution in [0.25, 0.3) is 22.4 Å². The Morgan fingerprint density at radius 2 is 1.96 bits per heavy atom. The minimum atomic E-state index is 0.411. The summed E-state index contributed by atoms with van der Waals surface area (Å²) in [5.41, 5.74) is 2.33. The number of nitrogens with one attached hydrogen (secondary N) is 1. The van der Waals surface area contributed by atoms with E-state index in [1.807, 2.05) is 12.1 Å². The Morgan fingerprint density at radius 1 is 1.17 bits per heavy atom. The van der Waals surface area contributed by atoms with Crippen LogP contribution in [0, 0.1) is 22.7 Å². The quantitative estimate of drug-likeness (QED) is 0.478. The number of hydrogen-bond donors (Lipinski definition) is 2. The summed E-state index contributed by atoms with van der Waals surface area (Å²) in [6.07, 6.45) is 6.11. The molecule has 0 saturated heterocycles. The summed E-state index contributed by atoms with van der Waals surface area (Å²) in [6, 6.07) is 9.09. The van der Waals surface area contributed by atoms with Gasteiger partial charge >= 0.3 is 0 Å². The van der Waals surface area contributed by atoms with Crippen LogP contribution in [0.1, 0.15) is 11.1 Å². The number of rotatable bonds is 0. The molecule has 4 heterocycles. The second kappa shape index (κ2) is 6.29. The van der Waals surface area contributed by atoms with Crippen LogP contribution in [-0.2, 0) is 0 Å². The van der Waals surface area contributed by atoms with Gasteiger partial charge in [-0.3, -0.25) is 0 Å². The summed E-state index contributed by atoms with van der Waals surface area (Å²) in [5, 5.41) is 27.8. The summed E-state index contributed by atoms with van der Waals surface area (Å²) < 4.78 is 0.899. The van der Waals surface area contributed by atoms with E-state index in [-0.39, 0.29) is 0 Å². The minimum absolute atomic E-state index is 0.411. The molecule has 116 valence electrons. The van der Waals surface area contributed by atoms with Crippen LogP contribution in [0.15, 0.2) is 43.0 Å². The third-order valence-electron chi connectivity index (χ3n) is 3.32. The second-order valence-electron chi connectivity index (χ2n) is 4.70. The highest BCUT2D eigenvalue weighted by molar-refractivity contribution is 6.35. The first-order valence-electron chi connectivity index (χ1n) is 6.72. The molecule has 0 unspecified atom stereocenters. The lowest BCUT2D eigenvalue weighted by Gasteiger charge is -2.01. The number of nitrogens with zero attached hydrogens (tertiary/aromatic N) is 5. The molecule has 0 atom stereocenters. The van der Waals surface area contributed by atoms with E-state index in [1.54, 1.807) is 30.6 Å². The predicted molar refractivity (Wildman–Crippen MR) is 86.6 cm³/mol. The molecule has 8 heteroatoms. The first-order valence-corrected chi connectivity index (χ1v) is 7.10. The fraction of sp³-hybridized carbons (Fsp3) is 0. The van der Waals surface area contributed by atoms with Gasteiger partial charge in [-0.2, -0.15) is 15.3 Å². The molecular formula is C16H9ClN6O. The van der Waals surface area contributed by atoms with E-state index in [0.717, 1.165) is 4.73 Å². The monoisotopic (exact) mass is 336 g/mol. The molecule has 2 aliphatic heterocycles. The zero-order chi connectivity index (χ0) is 17.1. The number of halogens is 1. The molecule has 0 bridgehead atoms. The summed E-state index contributed by atoms with van der Waals surface area (Å²) >= 11 is 5.87. The average Bonchev–Trinajstić information content (AvgIpc) is 3.20. The van der Waals surface area contributed by atoms with E-state index >= 15 is 0 Å². The molecule has 0 aromatic carbocycles. The number of hydrogen-bond acceptors (Lipinski definition) is 5. The van der Waals surface area contributed by atoms with Gasteiger partial charge in [-0.05, 0) is 18.2 Å². The smallest absolute Gasteiger partial charge is 0.176 e. The van der Waals surface area contributed by atoms with Crippen LogP contribution in [0.2, 0.25) is 5.02 Å². The maximum absolute atomic E-state index is 9.22. The first-order chi connectivity index (χ1) is 11.7. The standard InChI is InChI=1S/C8H4ClN3.C8H5N3O/c9-6-1-2-11-8-7(6)5(3-10)4-12-8;9-4-6-5-10-8-7(6)2-1-3-11(8)12/h1-2,4H,(H,11,12);1-3,5,12H. The van der Waals surface area contributed by atoms with Gasteiger partial charge in [-0.15, -0.1) is 0 Å². The van der Waals surface area contributed by atoms with Crippen LogP contribution in [0.4, 0.5) is 0 Å². The van der Waals surface area contributed by atoms with E-state index in [2.05, 4.69) is 15.0 Å². The molecular weight excluding hydrogens is 328 g/mol. The maximum atomic E-state index is 9.22. The summed E-state index contributed by atoms with van der Waals surface area (Å²) in [7, 11) is 0. The van der Waals surface area contributed by atoms with Gasteiger partial charge in [0.05, 0.1) is 21.5 Å². The predicted octanol–water partition coefficient (Wildman–Crippen LogP) is 3.18. The Labute approximate surface area is 141 Å². The molecule has 0 saturated carbocycles. The molecule has 2 aliphatic rings. The SMILES string of the molecule is N#Cc1c[nH]c2nccc(Cl)c12.N#Cc1cnc2n(O)cccc1-2. The van der Waals surface area contributed by atoms with Gasteiger partial charge in [0.15, 0.2) is 5.82 Å². The normalized spacial score (nSPS) is 9.96. The van der Waals surface area contributed by atoms with Gasteiger partial charge in [0, 0.05) is 30.4 Å². The molecule has 0 amide bonds. The van der Waals surface area contributed by atoms with Crippen molar-refractivity contribution in [3.8, 4) is 23.5 Å². The van der Waals surface area contributed by atoms with Crippen molar-refractivity contribution < 1.29 is 5.21 Å². The van der Waals surface area contributed by atoms with Crippen molar-refractivity contribution in [1.29, 1.82) is 10.5 Å². The van der Waals surface area contributed by atoms with Crippen molar-refractivity contribution in [1.82, 2.24) is 19.7 Å². The topological polar surface area (TPSA) is 114 Å². The van der Waals surface area contributed by atoms with Crippen molar-refractivity contribution in [3.05, 3.63) is 59.1 Å². The zero-order valence-electron chi connectivity index (χ0n) is 12.1. The van der Waals surface area contributed by atoms with Crippen molar-refractivity contribution in [2.45, 2.75) is 0 Å². The fourth-order valence-electron chi connectivity index (χ4n) is 2.22. The Balaban J connectivity index is 0.000000141. The van der Waals surface area contributed by atoms with Crippen LogP contribution < -0.4 is 0 Å². The maximum Gasteiger partial charge on any atom is 0.176 e. The minimum Gasteiger partial charge on any atom is -0.427 e. The van der Waals surface area contributed by atoms with Crippen LogP contribution in [0.3, 0.4) is 0 Å². The van der Waals surface area contributed by atoms with E-state index in [1.165, 1.54) is 12.4 Å². The summed E-state index contributed by atoms with van der Waals surface area (Å²) in [6.45, 7) is 0. The van der Waals surface area contributed by atoms with E-state index < -0.39 is 0 Å². The number of aromatic amines is 1. The van der Waals surface area contributed by atoms with Gasteiger partial charge < -0.3 is 10.2 Å². The van der Waals surface area contributed by atoms with Crippen molar-refractivity contribution >= 4 is 22.6 Å². The molecule has 4 rings (SSSR count). The Morgan fingerprint density at radius 3 is 2.71 bits per heavy atom. The largest absolute Gasteiger partial charge is 0.427 e. The highest BCUT2D eigenvalue weighted by Gasteiger charge is 2.12. The van der Waals surface area contributed by atoms with Gasteiger partial charge in [0.25, 0.3) is 0 Å². The molecule has 0 radical (unpaired) electrons. The molecule has 0 fully saturated rings. The number of nitriles is 2. The second-order valence-corrected chi connectivity index (χ2v) is 5.11. The Hall–Kier alpha value is -3.55. The average molecular weight is 337 g/mol. The lowest BCUT2D eigenvalue weighted by atomic mass is 10.2.